The van der Waals surface area contributed by atoms with Crippen LogP contribution in [0.15, 0.2) is 146 Å². The number of benzene rings is 7. The van der Waals surface area contributed by atoms with Crippen molar-refractivity contribution in [1.29, 1.82) is 0 Å². The monoisotopic (exact) mass is 541 g/mol. The fourth-order valence-corrected chi connectivity index (χ4v) is 7.39. The Balaban J connectivity index is 1.51. The first kappa shape index (κ1) is 23.9. The van der Waals surface area contributed by atoms with Crippen LogP contribution in [0.2, 0.25) is 0 Å². The Morgan fingerprint density at radius 2 is 1.10 bits per heavy atom. The first-order chi connectivity index (χ1) is 20.3. The van der Waals surface area contributed by atoms with Gasteiger partial charge in [-0.3, -0.25) is 0 Å². The molecule has 0 saturated heterocycles. The average Bonchev–Trinajstić information content (AvgIpc) is 3.41. The zero-order chi connectivity index (χ0) is 27.3. The van der Waals surface area contributed by atoms with Crippen LogP contribution in [0.4, 0.5) is 17.1 Å². The summed E-state index contributed by atoms with van der Waals surface area (Å²) in [7, 11) is 0. The summed E-state index contributed by atoms with van der Waals surface area (Å²) in [6.45, 7) is 2.15. The standard InChI is InChI=1S/C39H27NS/c1-26-20-23-29(24-21-26)40(36-18-9-17-34-32-15-6-7-19-37(32)41-39(34)36)35-25-22-28-11-3-5-14-31(28)38(35)33-16-8-12-27-10-2-4-13-30(27)33/h2-25H,1H3. The van der Waals surface area contributed by atoms with Crippen LogP contribution in [0.1, 0.15) is 5.56 Å². The van der Waals surface area contributed by atoms with Crippen LogP contribution in [0.5, 0.6) is 0 Å². The van der Waals surface area contributed by atoms with E-state index in [1.165, 1.54) is 69.8 Å². The lowest BCUT2D eigenvalue weighted by atomic mass is 9.91. The van der Waals surface area contributed by atoms with Crippen molar-refractivity contribution >= 4 is 70.1 Å². The highest BCUT2D eigenvalue weighted by Gasteiger charge is 2.23. The fraction of sp³-hybridized carbons (Fsp3) is 0.0256. The second-order valence-corrected chi connectivity index (χ2v) is 11.7. The van der Waals surface area contributed by atoms with Gasteiger partial charge in [-0.05, 0) is 64.4 Å². The lowest BCUT2D eigenvalue weighted by Crippen LogP contribution is -2.11. The number of hydrogen-bond donors (Lipinski definition) is 0. The van der Waals surface area contributed by atoms with Gasteiger partial charge in [-0.2, -0.15) is 0 Å². The van der Waals surface area contributed by atoms with Crippen LogP contribution in [0.25, 0.3) is 52.8 Å². The highest BCUT2D eigenvalue weighted by Crippen LogP contribution is 2.49. The molecule has 0 aliphatic heterocycles. The van der Waals surface area contributed by atoms with Crippen LogP contribution in [0.3, 0.4) is 0 Å². The SMILES string of the molecule is Cc1ccc(N(c2ccc3ccccc3c2-c2cccc3ccccc23)c2cccc3c2sc2ccccc23)cc1. The summed E-state index contributed by atoms with van der Waals surface area (Å²) < 4.78 is 2.61. The van der Waals surface area contributed by atoms with Crippen LogP contribution in [-0.4, -0.2) is 0 Å². The van der Waals surface area contributed by atoms with Crippen molar-refractivity contribution in [2.24, 2.45) is 0 Å². The minimum atomic E-state index is 1.15. The predicted octanol–water partition coefficient (Wildman–Crippen LogP) is 11.8. The van der Waals surface area contributed by atoms with Crippen molar-refractivity contribution in [3.8, 4) is 11.1 Å². The summed E-state index contributed by atoms with van der Waals surface area (Å²) in [6, 6.07) is 53.2. The largest absolute Gasteiger partial charge is 0.308 e. The van der Waals surface area contributed by atoms with Gasteiger partial charge in [0.25, 0.3) is 0 Å². The number of anilines is 3. The number of thiophene rings is 1. The first-order valence-corrected chi connectivity index (χ1v) is 14.8. The number of hydrogen-bond acceptors (Lipinski definition) is 2. The molecule has 8 aromatic rings. The van der Waals surface area contributed by atoms with E-state index >= 15 is 0 Å². The van der Waals surface area contributed by atoms with Gasteiger partial charge >= 0.3 is 0 Å². The van der Waals surface area contributed by atoms with Crippen LogP contribution in [-0.2, 0) is 0 Å². The molecule has 0 radical (unpaired) electrons. The topological polar surface area (TPSA) is 3.24 Å². The molecule has 8 rings (SSSR count). The summed E-state index contributed by atoms with van der Waals surface area (Å²) in [5, 5.41) is 7.61. The molecule has 41 heavy (non-hydrogen) atoms. The Hall–Kier alpha value is -4.92. The number of nitrogens with zero attached hydrogens (tertiary/aromatic N) is 1. The third-order valence-electron chi connectivity index (χ3n) is 8.12. The maximum Gasteiger partial charge on any atom is 0.0640 e. The smallest absolute Gasteiger partial charge is 0.0640 e. The Morgan fingerprint density at radius 3 is 1.93 bits per heavy atom. The van der Waals surface area contributed by atoms with Crippen LogP contribution >= 0.6 is 11.3 Å². The molecule has 0 unspecified atom stereocenters. The Bertz CT molecular complexity index is 2220. The molecule has 1 heterocycles. The summed E-state index contributed by atoms with van der Waals surface area (Å²) in [4.78, 5) is 2.47. The molecule has 1 nitrogen and oxygen atoms in total. The third kappa shape index (κ3) is 3.91. The lowest BCUT2D eigenvalue weighted by Gasteiger charge is -2.29. The van der Waals surface area contributed by atoms with Gasteiger partial charge in [0.2, 0.25) is 0 Å². The minimum absolute atomic E-state index is 1.15. The molecule has 0 bridgehead atoms. The molecule has 0 aliphatic carbocycles. The molecule has 1 aromatic heterocycles. The molecule has 0 saturated carbocycles. The predicted molar refractivity (Wildman–Crippen MR) is 179 cm³/mol. The van der Waals surface area contributed by atoms with Gasteiger partial charge in [-0.1, -0.05) is 121 Å². The highest BCUT2D eigenvalue weighted by atomic mass is 32.1. The van der Waals surface area contributed by atoms with Gasteiger partial charge in [0, 0.05) is 26.7 Å². The van der Waals surface area contributed by atoms with Crippen molar-refractivity contribution in [1.82, 2.24) is 0 Å². The molecular weight excluding hydrogens is 515 g/mol. The van der Waals surface area contributed by atoms with Crippen LogP contribution < -0.4 is 4.90 Å². The molecular formula is C39H27NS. The van der Waals surface area contributed by atoms with Gasteiger partial charge in [0.05, 0.1) is 16.1 Å². The summed E-state index contributed by atoms with van der Waals surface area (Å²) in [5.74, 6) is 0. The molecule has 0 spiro atoms. The summed E-state index contributed by atoms with van der Waals surface area (Å²) >= 11 is 1.88. The zero-order valence-electron chi connectivity index (χ0n) is 22.7. The maximum atomic E-state index is 2.47. The second kappa shape index (κ2) is 9.62. The van der Waals surface area contributed by atoms with E-state index in [-0.39, 0.29) is 0 Å². The van der Waals surface area contributed by atoms with Gasteiger partial charge in [0.1, 0.15) is 0 Å². The van der Waals surface area contributed by atoms with Crippen molar-refractivity contribution in [2.45, 2.75) is 6.92 Å². The Morgan fingerprint density at radius 1 is 0.463 bits per heavy atom. The summed E-state index contributed by atoms with van der Waals surface area (Å²) in [5.41, 5.74) is 7.27. The molecule has 194 valence electrons. The average molecular weight is 542 g/mol. The van der Waals surface area contributed by atoms with E-state index in [4.69, 9.17) is 0 Å². The van der Waals surface area contributed by atoms with Crippen molar-refractivity contribution in [3.05, 3.63) is 151 Å². The second-order valence-electron chi connectivity index (χ2n) is 10.6. The molecule has 0 N–H and O–H groups in total. The van der Waals surface area contributed by atoms with E-state index in [9.17, 15) is 0 Å². The fourth-order valence-electron chi connectivity index (χ4n) is 6.18. The first-order valence-electron chi connectivity index (χ1n) is 14.0. The molecule has 2 heteroatoms. The van der Waals surface area contributed by atoms with Crippen LogP contribution in [0, 0.1) is 6.92 Å². The normalized spacial score (nSPS) is 11.5. The van der Waals surface area contributed by atoms with E-state index in [1.54, 1.807) is 0 Å². The number of fused-ring (bicyclic) bond motifs is 5. The maximum absolute atomic E-state index is 2.47. The van der Waals surface area contributed by atoms with Crippen molar-refractivity contribution in [2.75, 3.05) is 4.90 Å². The van der Waals surface area contributed by atoms with Crippen molar-refractivity contribution in [3.63, 3.8) is 0 Å². The third-order valence-corrected chi connectivity index (χ3v) is 9.33. The van der Waals surface area contributed by atoms with E-state index < -0.39 is 0 Å². The minimum Gasteiger partial charge on any atom is -0.308 e. The molecule has 0 fully saturated rings. The quantitative estimate of drug-likeness (QED) is 0.214. The molecule has 0 amide bonds. The van der Waals surface area contributed by atoms with Crippen molar-refractivity contribution < 1.29 is 0 Å². The number of aryl methyl sites for hydroxylation is 1. The zero-order valence-corrected chi connectivity index (χ0v) is 23.5. The Kier molecular flexibility index (Phi) is 5.61. The van der Waals surface area contributed by atoms with Gasteiger partial charge in [-0.25, -0.2) is 0 Å². The molecule has 0 aliphatic rings. The van der Waals surface area contributed by atoms with Gasteiger partial charge in [0.15, 0.2) is 0 Å². The molecule has 7 aromatic carbocycles. The number of rotatable bonds is 4. The Labute approximate surface area is 243 Å². The van der Waals surface area contributed by atoms with E-state index in [0.29, 0.717) is 0 Å². The van der Waals surface area contributed by atoms with E-state index in [1.807, 2.05) is 11.3 Å². The lowest BCUT2D eigenvalue weighted by molar-refractivity contribution is 1.30. The highest BCUT2D eigenvalue weighted by molar-refractivity contribution is 7.26. The van der Waals surface area contributed by atoms with Gasteiger partial charge in [-0.15, -0.1) is 11.3 Å². The summed E-state index contributed by atoms with van der Waals surface area (Å²) in [6.07, 6.45) is 0. The van der Waals surface area contributed by atoms with Gasteiger partial charge < -0.3 is 4.90 Å². The van der Waals surface area contributed by atoms with E-state index in [2.05, 4.69) is 157 Å². The van der Waals surface area contributed by atoms with E-state index in [0.717, 1.165) is 5.69 Å². The molecule has 0 atom stereocenters.